The lowest BCUT2D eigenvalue weighted by Gasteiger charge is -2.07. The van der Waals surface area contributed by atoms with Crippen molar-refractivity contribution in [3.05, 3.63) is 42.4 Å². The van der Waals surface area contributed by atoms with Crippen LogP contribution in [-0.2, 0) is 0 Å². The Bertz CT molecular complexity index is 512. The molecule has 0 aliphatic heterocycles. The lowest BCUT2D eigenvalue weighted by atomic mass is 10.1. The monoisotopic (exact) mass is 230 g/mol. The van der Waals surface area contributed by atoms with E-state index in [1.54, 1.807) is 24.3 Å². The van der Waals surface area contributed by atoms with Crippen molar-refractivity contribution in [2.75, 3.05) is 0 Å². The smallest absolute Gasteiger partial charge is 0.222 e. The van der Waals surface area contributed by atoms with Crippen LogP contribution in [-0.4, -0.2) is 15.1 Å². The third kappa shape index (κ3) is 2.93. The molecule has 0 aliphatic rings. The Labute approximate surface area is 99.9 Å². The molecule has 1 aromatic carbocycles. The first-order valence-corrected chi connectivity index (χ1v) is 5.44. The van der Waals surface area contributed by atoms with Gasteiger partial charge in [-0.1, -0.05) is 19.9 Å². The molecule has 0 fully saturated rings. The molecule has 0 saturated heterocycles. The minimum Gasteiger partial charge on any atom is -0.508 e. The minimum absolute atomic E-state index is 0.167. The maximum Gasteiger partial charge on any atom is 0.222 e. The standard InChI is InChI=1S/C13H14N2O2/c1-9(2)12-7-13(15-8-14-12)17-11-5-3-4-10(16)6-11/h3-9,16H,1-2H3. The number of rotatable bonds is 3. The average Bonchev–Trinajstić information content (AvgIpc) is 2.29. The van der Waals surface area contributed by atoms with E-state index >= 15 is 0 Å². The van der Waals surface area contributed by atoms with E-state index in [4.69, 9.17) is 4.74 Å². The fourth-order valence-corrected chi connectivity index (χ4v) is 1.39. The summed E-state index contributed by atoms with van der Waals surface area (Å²) >= 11 is 0. The molecule has 88 valence electrons. The van der Waals surface area contributed by atoms with Gasteiger partial charge in [0.2, 0.25) is 5.88 Å². The van der Waals surface area contributed by atoms with Gasteiger partial charge in [-0.15, -0.1) is 0 Å². The largest absolute Gasteiger partial charge is 0.508 e. The summed E-state index contributed by atoms with van der Waals surface area (Å²) in [5, 5.41) is 9.32. The van der Waals surface area contributed by atoms with E-state index < -0.39 is 0 Å². The molecule has 0 amide bonds. The molecule has 0 radical (unpaired) electrons. The summed E-state index contributed by atoms with van der Waals surface area (Å²) in [4.78, 5) is 8.19. The van der Waals surface area contributed by atoms with Crippen molar-refractivity contribution < 1.29 is 9.84 Å². The van der Waals surface area contributed by atoms with E-state index in [0.29, 0.717) is 17.5 Å². The quantitative estimate of drug-likeness (QED) is 0.880. The second kappa shape index (κ2) is 4.82. The molecular formula is C13H14N2O2. The van der Waals surface area contributed by atoms with Crippen molar-refractivity contribution in [3.63, 3.8) is 0 Å². The van der Waals surface area contributed by atoms with Gasteiger partial charge in [0.15, 0.2) is 0 Å². The number of hydrogen-bond donors (Lipinski definition) is 1. The lowest BCUT2D eigenvalue weighted by Crippen LogP contribution is -1.95. The molecule has 17 heavy (non-hydrogen) atoms. The van der Waals surface area contributed by atoms with Crippen LogP contribution in [0.15, 0.2) is 36.7 Å². The van der Waals surface area contributed by atoms with E-state index in [9.17, 15) is 5.11 Å². The number of benzene rings is 1. The Morgan fingerprint density at radius 1 is 1.18 bits per heavy atom. The number of hydrogen-bond acceptors (Lipinski definition) is 4. The topological polar surface area (TPSA) is 55.2 Å². The van der Waals surface area contributed by atoms with E-state index in [1.165, 1.54) is 12.4 Å². The van der Waals surface area contributed by atoms with Gasteiger partial charge < -0.3 is 9.84 Å². The highest BCUT2D eigenvalue weighted by molar-refractivity contribution is 5.34. The second-order valence-electron chi connectivity index (χ2n) is 4.04. The van der Waals surface area contributed by atoms with Crippen LogP contribution < -0.4 is 4.74 Å². The van der Waals surface area contributed by atoms with Gasteiger partial charge in [0, 0.05) is 12.1 Å². The van der Waals surface area contributed by atoms with E-state index in [1.807, 2.05) is 0 Å². The predicted molar refractivity (Wildman–Crippen MR) is 64.3 cm³/mol. The summed E-state index contributed by atoms with van der Waals surface area (Å²) in [6.45, 7) is 4.11. The highest BCUT2D eigenvalue weighted by Crippen LogP contribution is 2.24. The van der Waals surface area contributed by atoms with Crippen LogP contribution in [0.1, 0.15) is 25.5 Å². The first-order chi connectivity index (χ1) is 8.15. The molecule has 2 aromatic rings. The Morgan fingerprint density at radius 3 is 2.71 bits per heavy atom. The van der Waals surface area contributed by atoms with Crippen molar-refractivity contribution in [1.82, 2.24) is 9.97 Å². The molecule has 2 rings (SSSR count). The zero-order valence-electron chi connectivity index (χ0n) is 9.79. The number of aromatic nitrogens is 2. The molecule has 1 heterocycles. The van der Waals surface area contributed by atoms with Gasteiger partial charge in [0.25, 0.3) is 0 Å². The predicted octanol–water partition coefficient (Wildman–Crippen LogP) is 3.10. The van der Waals surface area contributed by atoms with Gasteiger partial charge in [0.1, 0.15) is 17.8 Å². The van der Waals surface area contributed by atoms with Gasteiger partial charge in [-0.05, 0) is 18.1 Å². The Kier molecular flexibility index (Phi) is 3.23. The fraction of sp³-hybridized carbons (Fsp3) is 0.231. The molecule has 0 bridgehead atoms. The Balaban J connectivity index is 2.21. The van der Waals surface area contributed by atoms with Crippen LogP contribution in [0.5, 0.6) is 17.4 Å². The number of phenolic OH excluding ortho intramolecular Hbond substituents is 1. The highest BCUT2D eigenvalue weighted by Gasteiger charge is 2.05. The summed E-state index contributed by atoms with van der Waals surface area (Å²) in [6.07, 6.45) is 1.48. The van der Waals surface area contributed by atoms with Crippen LogP contribution in [0.2, 0.25) is 0 Å². The minimum atomic E-state index is 0.167. The summed E-state index contributed by atoms with van der Waals surface area (Å²) < 4.78 is 5.54. The number of aromatic hydroxyl groups is 1. The second-order valence-corrected chi connectivity index (χ2v) is 4.04. The summed E-state index contributed by atoms with van der Waals surface area (Å²) in [7, 11) is 0. The molecule has 0 unspecified atom stereocenters. The zero-order valence-corrected chi connectivity index (χ0v) is 9.79. The average molecular weight is 230 g/mol. The first kappa shape index (κ1) is 11.4. The van der Waals surface area contributed by atoms with Crippen molar-refractivity contribution >= 4 is 0 Å². The molecule has 0 spiro atoms. The summed E-state index contributed by atoms with van der Waals surface area (Å²) in [5.41, 5.74) is 0.926. The molecule has 0 aliphatic carbocycles. The molecule has 1 N–H and O–H groups in total. The maximum absolute atomic E-state index is 9.32. The maximum atomic E-state index is 9.32. The van der Waals surface area contributed by atoms with E-state index in [-0.39, 0.29) is 5.75 Å². The Morgan fingerprint density at radius 2 is 2.00 bits per heavy atom. The van der Waals surface area contributed by atoms with Gasteiger partial charge >= 0.3 is 0 Å². The first-order valence-electron chi connectivity index (χ1n) is 5.44. The third-order valence-electron chi connectivity index (χ3n) is 2.29. The van der Waals surface area contributed by atoms with Crippen molar-refractivity contribution in [1.29, 1.82) is 0 Å². The third-order valence-corrected chi connectivity index (χ3v) is 2.29. The highest BCUT2D eigenvalue weighted by atomic mass is 16.5. The van der Waals surface area contributed by atoms with Crippen LogP contribution in [0.3, 0.4) is 0 Å². The normalized spacial score (nSPS) is 10.5. The summed E-state index contributed by atoms with van der Waals surface area (Å²) in [5.74, 6) is 1.53. The van der Waals surface area contributed by atoms with Crippen molar-refractivity contribution in [3.8, 4) is 17.4 Å². The van der Waals surface area contributed by atoms with E-state index in [0.717, 1.165) is 5.69 Å². The zero-order chi connectivity index (χ0) is 12.3. The van der Waals surface area contributed by atoms with E-state index in [2.05, 4.69) is 23.8 Å². The number of ether oxygens (including phenoxy) is 1. The number of phenols is 1. The van der Waals surface area contributed by atoms with Crippen LogP contribution in [0.4, 0.5) is 0 Å². The van der Waals surface area contributed by atoms with Gasteiger partial charge in [0.05, 0.1) is 5.69 Å². The van der Waals surface area contributed by atoms with Crippen LogP contribution in [0.25, 0.3) is 0 Å². The summed E-state index contributed by atoms with van der Waals surface area (Å²) in [6, 6.07) is 8.41. The SMILES string of the molecule is CC(C)c1cc(Oc2cccc(O)c2)ncn1. The van der Waals surface area contributed by atoms with Crippen LogP contribution >= 0.6 is 0 Å². The molecule has 0 saturated carbocycles. The fourth-order valence-electron chi connectivity index (χ4n) is 1.39. The van der Waals surface area contributed by atoms with Gasteiger partial charge in [-0.2, -0.15) is 0 Å². The van der Waals surface area contributed by atoms with Gasteiger partial charge in [-0.3, -0.25) is 0 Å². The van der Waals surface area contributed by atoms with Crippen molar-refractivity contribution in [2.24, 2.45) is 0 Å². The molecule has 0 atom stereocenters. The van der Waals surface area contributed by atoms with Crippen molar-refractivity contribution in [2.45, 2.75) is 19.8 Å². The van der Waals surface area contributed by atoms with Gasteiger partial charge in [-0.25, -0.2) is 9.97 Å². The molecule has 4 nitrogen and oxygen atoms in total. The molecule has 4 heteroatoms. The molecule has 1 aromatic heterocycles. The Hall–Kier alpha value is -2.10. The number of nitrogens with zero attached hydrogens (tertiary/aromatic N) is 2. The van der Waals surface area contributed by atoms with Crippen LogP contribution in [0, 0.1) is 0 Å². The lowest BCUT2D eigenvalue weighted by molar-refractivity contribution is 0.443. The molecular weight excluding hydrogens is 216 g/mol.